The van der Waals surface area contributed by atoms with Gasteiger partial charge in [0.1, 0.15) is 0 Å². The first-order valence-electron chi connectivity index (χ1n) is 9.44. The third-order valence-electron chi connectivity index (χ3n) is 4.93. The summed E-state index contributed by atoms with van der Waals surface area (Å²) in [5.74, 6) is 0.856. The first-order valence-corrected chi connectivity index (χ1v) is 11.2. The molecule has 3 rings (SSSR count). The Kier molecular flexibility index (Phi) is 9.68. The van der Waals surface area contributed by atoms with Crippen molar-refractivity contribution in [2.45, 2.75) is 25.3 Å². The van der Waals surface area contributed by atoms with E-state index in [2.05, 4.69) is 69.4 Å². The van der Waals surface area contributed by atoms with Gasteiger partial charge in [0.25, 0.3) is 0 Å². The molecule has 0 radical (unpaired) electrons. The number of hydrogen-bond donors (Lipinski definition) is 2. The van der Waals surface area contributed by atoms with Gasteiger partial charge in [-0.3, -0.25) is 9.89 Å². The number of aliphatic imine (C=N–C) groups is 1. The summed E-state index contributed by atoms with van der Waals surface area (Å²) in [4.78, 5) is 9.71. The molecule has 3 heterocycles. The topological polar surface area (TPSA) is 48.9 Å². The maximum absolute atomic E-state index is 5.53. The van der Waals surface area contributed by atoms with Crippen molar-refractivity contribution in [2.75, 3.05) is 46.4 Å². The van der Waals surface area contributed by atoms with E-state index in [0.29, 0.717) is 6.04 Å². The second-order valence-electron chi connectivity index (χ2n) is 7.35. The molecule has 0 saturated carbocycles. The van der Waals surface area contributed by atoms with Crippen LogP contribution in [0.2, 0.25) is 0 Å². The summed E-state index contributed by atoms with van der Waals surface area (Å²) < 4.78 is 5.53. The fourth-order valence-corrected chi connectivity index (χ4v) is 4.96. The standard InChI is InChI=1S/C20H30N4OS2.HI/c1-20(2,18-7-5-13-27-18)15-23-19(21-3)22-14-16(17-6-4-12-26-17)24-8-10-25-11-9-24;/h4-7,12-13,16H,8-11,14-15H2,1-3H3,(H2,21,22,23);1H. The fourth-order valence-electron chi connectivity index (χ4n) is 3.25. The third-order valence-corrected chi connectivity index (χ3v) is 7.14. The minimum Gasteiger partial charge on any atom is -0.379 e. The van der Waals surface area contributed by atoms with Crippen LogP contribution in [0, 0.1) is 0 Å². The van der Waals surface area contributed by atoms with Crippen LogP contribution >= 0.6 is 46.7 Å². The highest BCUT2D eigenvalue weighted by molar-refractivity contribution is 14.0. The summed E-state index contributed by atoms with van der Waals surface area (Å²) in [7, 11) is 1.84. The zero-order chi connectivity index (χ0) is 19.1. The third kappa shape index (κ3) is 6.41. The SMILES string of the molecule is CN=C(NCC(c1cccs1)N1CCOCC1)NCC(C)(C)c1cccs1.I. The Morgan fingerprint density at radius 1 is 1.18 bits per heavy atom. The van der Waals surface area contributed by atoms with Crippen molar-refractivity contribution in [1.82, 2.24) is 15.5 Å². The zero-order valence-electron chi connectivity index (χ0n) is 16.8. The monoisotopic (exact) mass is 534 g/mol. The van der Waals surface area contributed by atoms with E-state index in [-0.39, 0.29) is 29.4 Å². The molecule has 1 aliphatic rings. The molecule has 1 saturated heterocycles. The van der Waals surface area contributed by atoms with E-state index in [4.69, 9.17) is 4.74 Å². The maximum Gasteiger partial charge on any atom is 0.191 e. The van der Waals surface area contributed by atoms with E-state index in [1.807, 2.05) is 29.7 Å². The number of nitrogens with one attached hydrogen (secondary N) is 2. The molecule has 8 heteroatoms. The van der Waals surface area contributed by atoms with Crippen LogP contribution in [0.1, 0.15) is 29.6 Å². The average Bonchev–Trinajstić information content (AvgIpc) is 3.39. The van der Waals surface area contributed by atoms with Crippen molar-refractivity contribution in [3.63, 3.8) is 0 Å². The van der Waals surface area contributed by atoms with Crippen molar-refractivity contribution >= 4 is 52.6 Å². The first kappa shape index (κ1) is 23.6. The lowest BCUT2D eigenvalue weighted by atomic mass is 9.91. The minimum atomic E-state index is 0. The van der Waals surface area contributed by atoms with Crippen LogP contribution in [0.25, 0.3) is 0 Å². The molecule has 0 aromatic carbocycles. The van der Waals surface area contributed by atoms with Crippen molar-refractivity contribution < 1.29 is 4.74 Å². The Morgan fingerprint density at radius 3 is 2.50 bits per heavy atom. The second kappa shape index (κ2) is 11.5. The summed E-state index contributed by atoms with van der Waals surface area (Å²) in [6.07, 6.45) is 0. The van der Waals surface area contributed by atoms with Crippen LogP contribution in [0.15, 0.2) is 40.0 Å². The predicted molar refractivity (Wildman–Crippen MR) is 132 cm³/mol. The van der Waals surface area contributed by atoms with Gasteiger partial charge in [-0.1, -0.05) is 26.0 Å². The van der Waals surface area contributed by atoms with Crippen LogP contribution < -0.4 is 10.6 Å². The Balaban J connectivity index is 0.00000280. The molecule has 0 aliphatic carbocycles. The van der Waals surface area contributed by atoms with Gasteiger partial charge in [0.05, 0.1) is 19.3 Å². The lowest BCUT2D eigenvalue weighted by molar-refractivity contribution is 0.0177. The highest BCUT2D eigenvalue weighted by atomic mass is 127. The average molecular weight is 535 g/mol. The quantitative estimate of drug-likeness (QED) is 0.321. The van der Waals surface area contributed by atoms with E-state index in [1.54, 1.807) is 0 Å². The molecule has 1 aliphatic heterocycles. The second-order valence-corrected chi connectivity index (χ2v) is 9.27. The fraction of sp³-hybridized carbons (Fsp3) is 0.550. The lowest BCUT2D eigenvalue weighted by Gasteiger charge is -2.34. The van der Waals surface area contributed by atoms with Gasteiger partial charge < -0.3 is 15.4 Å². The maximum atomic E-state index is 5.53. The van der Waals surface area contributed by atoms with Gasteiger partial charge in [-0.2, -0.15) is 0 Å². The van der Waals surface area contributed by atoms with E-state index >= 15 is 0 Å². The van der Waals surface area contributed by atoms with Gasteiger partial charge in [0, 0.05) is 48.4 Å². The Morgan fingerprint density at radius 2 is 1.89 bits per heavy atom. The Hall–Kier alpha value is -0.680. The molecule has 1 unspecified atom stereocenters. The predicted octanol–water partition coefficient (Wildman–Crippen LogP) is 3.94. The highest BCUT2D eigenvalue weighted by Crippen LogP contribution is 2.27. The van der Waals surface area contributed by atoms with Gasteiger partial charge in [-0.05, 0) is 22.9 Å². The van der Waals surface area contributed by atoms with Gasteiger partial charge in [0.2, 0.25) is 0 Å². The van der Waals surface area contributed by atoms with E-state index < -0.39 is 0 Å². The Labute approximate surface area is 193 Å². The van der Waals surface area contributed by atoms with Crippen molar-refractivity contribution in [3.05, 3.63) is 44.8 Å². The Bertz CT molecular complexity index is 698. The summed E-state index contributed by atoms with van der Waals surface area (Å²) in [6.45, 7) is 9.77. The summed E-state index contributed by atoms with van der Waals surface area (Å²) in [5, 5.41) is 11.3. The lowest BCUT2D eigenvalue weighted by Crippen LogP contribution is -2.47. The summed E-state index contributed by atoms with van der Waals surface area (Å²) in [5.41, 5.74) is 0.0726. The van der Waals surface area contributed by atoms with Crippen LogP contribution in [0.3, 0.4) is 0 Å². The van der Waals surface area contributed by atoms with Crippen LogP contribution in [-0.4, -0.2) is 57.3 Å². The van der Waals surface area contributed by atoms with E-state index in [0.717, 1.165) is 45.4 Å². The smallest absolute Gasteiger partial charge is 0.191 e. The van der Waals surface area contributed by atoms with Crippen LogP contribution in [0.5, 0.6) is 0 Å². The summed E-state index contributed by atoms with van der Waals surface area (Å²) in [6, 6.07) is 9.01. The molecule has 2 aromatic rings. The highest BCUT2D eigenvalue weighted by Gasteiger charge is 2.25. The molecular weight excluding hydrogens is 503 g/mol. The van der Waals surface area contributed by atoms with Gasteiger partial charge in [-0.15, -0.1) is 46.7 Å². The first-order chi connectivity index (χ1) is 13.1. The molecule has 2 N–H and O–H groups in total. The molecule has 1 fully saturated rings. The molecule has 28 heavy (non-hydrogen) atoms. The largest absolute Gasteiger partial charge is 0.379 e. The molecule has 156 valence electrons. The molecule has 5 nitrogen and oxygen atoms in total. The number of halogens is 1. The van der Waals surface area contributed by atoms with Crippen molar-refractivity contribution in [2.24, 2.45) is 4.99 Å². The van der Waals surface area contributed by atoms with Gasteiger partial charge in [0.15, 0.2) is 5.96 Å². The number of ether oxygens (including phenoxy) is 1. The number of thiophene rings is 2. The molecular formula is C20H31IN4OS2. The normalized spacial score (nSPS) is 17.0. The minimum absolute atomic E-state index is 0. The zero-order valence-corrected chi connectivity index (χ0v) is 20.8. The van der Waals surface area contributed by atoms with Crippen LogP contribution in [-0.2, 0) is 10.2 Å². The molecule has 0 spiro atoms. The van der Waals surface area contributed by atoms with E-state index in [1.165, 1.54) is 9.75 Å². The molecule has 0 amide bonds. The summed E-state index contributed by atoms with van der Waals surface area (Å²) >= 11 is 3.63. The van der Waals surface area contributed by atoms with Crippen molar-refractivity contribution in [1.29, 1.82) is 0 Å². The van der Waals surface area contributed by atoms with Crippen molar-refractivity contribution in [3.8, 4) is 0 Å². The number of hydrogen-bond acceptors (Lipinski definition) is 5. The molecule has 1 atom stereocenters. The number of rotatable bonds is 7. The van der Waals surface area contributed by atoms with Gasteiger partial charge in [-0.25, -0.2) is 0 Å². The van der Waals surface area contributed by atoms with Crippen LogP contribution in [0.4, 0.5) is 0 Å². The number of nitrogens with zero attached hydrogens (tertiary/aromatic N) is 2. The molecule has 2 aromatic heterocycles. The van der Waals surface area contributed by atoms with E-state index in [9.17, 15) is 0 Å². The number of morpholine rings is 1. The molecule has 0 bridgehead atoms. The van der Waals surface area contributed by atoms with Gasteiger partial charge >= 0.3 is 0 Å². The number of guanidine groups is 1.